The second kappa shape index (κ2) is 6.22. The first kappa shape index (κ1) is 14.6. The standard InChI is InChI=1S/C19H22N2O/c1-21(2)18-9-5-8-16(13-18)19(22)20-17-11-10-14-6-3-4-7-15(14)12-17/h3-9,13,17H,10-12H2,1-2H3,(H,20,22)/t17-/m1/s1. The fraction of sp³-hybridized carbons (Fsp3) is 0.316. The van der Waals surface area contributed by atoms with Crippen molar-refractivity contribution in [2.75, 3.05) is 19.0 Å². The number of nitrogens with one attached hydrogen (secondary N) is 1. The van der Waals surface area contributed by atoms with Crippen LogP contribution in [0.15, 0.2) is 48.5 Å². The molecule has 0 aliphatic heterocycles. The Bertz CT molecular complexity index is 679. The van der Waals surface area contributed by atoms with Gasteiger partial charge in [0.2, 0.25) is 0 Å². The third kappa shape index (κ3) is 3.14. The van der Waals surface area contributed by atoms with E-state index >= 15 is 0 Å². The normalized spacial score (nSPS) is 16.7. The van der Waals surface area contributed by atoms with Crippen molar-refractivity contribution >= 4 is 11.6 Å². The van der Waals surface area contributed by atoms with Crippen molar-refractivity contribution in [3.63, 3.8) is 0 Å². The number of fused-ring (bicyclic) bond motifs is 1. The van der Waals surface area contributed by atoms with E-state index in [-0.39, 0.29) is 11.9 Å². The highest BCUT2D eigenvalue weighted by Crippen LogP contribution is 2.21. The molecule has 3 heteroatoms. The van der Waals surface area contributed by atoms with E-state index in [0.717, 1.165) is 30.5 Å². The molecule has 0 aromatic heterocycles. The first-order valence-electron chi connectivity index (χ1n) is 7.78. The van der Waals surface area contributed by atoms with Gasteiger partial charge in [-0.25, -0.2) is 0 Å². The number of amides is 1. The lowest BCUT2D eigenvalue weighted by Gasteiger charge is -2.25. The van der Waals surface area contributed by atoms with E-state index in [2.05, 4.69) is 29.6 Å². The molecule has 0 fully saturated rings. The number of hydrogen-bond acceptors (Lipinski definition) is 2. The Labute approximate surface area is 132 Å². The molecular formula is C19H22N2O. The number of nitrogens with zero attached hydrogens (tertiary/aromatic N) is 1. The molecule has 3 rings (SSSR count). The van der Waals surface area contributed by atoms with Gasteiger partial charge < -0.3 is 10.2 Å². The van der Waals surface area contributed by atoms with E-state index in [1.54, 1.807) is 0 Å². The molecule has 1 amide bonds. The van der Waals surface area contributed by atoms with E-state index < -0.39 is 0 Å². The van der Waals surface area contributed by atoms with Gasteiger partial charge in [0.15, 0.2) is 0 Å². The van der Waals surface area contributed by atoms with Gasteiger partial charge in [0.25, 0.3) is 5.91 Å². The summed E-state index contributed by atoms with van der Waals surface area (Å²) in [5, 5.41) is 3.18. The monoisotopic (exact) mass is 294 g/mol. The molecule has 0 radical (unpaired) electrons. The van der Waals surface area contributed by atoms with Crippen LogP contribution in [0.25, 0.3) is 0 Å². The van der Waals surface area contributed by atoms with Gasteiger partial charge in [-0.15, -0.1) is 0 Å². The van der Waals surface area contributed by atoms with Crippen molar-refractivity contribution in [1.29, 1.82) is 0 Å². The summed E-state index contributed by atoms with van der Waals surface area (Å²) >= 11 is 0. The molecule has 0 saturated carbocycles. The third-order valence-corrected chi connectivity index (χ3v) is 4.31. The van der Waals surface area contributed by atoms with Crippen molar-refractivity contribution in [2.24, 2.45) is 0 Å². The van der Waals surface area contributed by atoms with E-state index in [1.165, 1.54) is 11.1 Å². The zero-order chi connectivity index (χ0) is 15.5. The fourth-order valence-electron chi connectivity index (χ4n) is 3.02. The molecule has 0 saturated heterocycles. The number of carbonyl (C=O) groups excluding carboxylic acids is 1. The predicted octanol–water partition coefficient (Wildman–Crippen LogP) is 3.04. The van der Waals surface area contributed by atoms with Crippen molar-refractivity contribution < 1.29 is 4.79 Å². The Morgan fingerprint density at radius 3 is 2.64 bits per heavy atom. The Hall–Kier alpha value is -2.29. The predicted molar refractivity (Wildman–Crippen MR) is 90.5 cm³/mol. The van der Waals surface area contributed by atoms with E-state index in [4.69, 9.17) is 0 Å². The van der Waals surface area contributed by atoms with E-state index in [0.29, 0.717) is 0 Å². The van der Waals surface area contributed by atoms with Gasteiger partial charge in [0.1, 0.15) is 0 Å². The van der Waals surface area contributed by atoms with Gasteiger partial charge in [-0.2, -0.15) is 0 Å². The summed E-state index contributed by atoms with van der Waals surface area (Å²) in [5.74, 6) is 0.0214. The van der Waals surface area contributed by atoms with Crippen LogP contribution in [0.1, 0.15) is 27.9 Å². The minimum Gasteiger partial charge on any atom is -0.378 e. The summed E-state index contributed by atoms with van der Waals surface area (Å²) in [6.07, 6.45) is 2.98. The summed E-state index contributed by atoms with van der Waals surface area (Å²) in [6, 6.07) is 16.5. The summed E-state index contributed by atoms with van der Waals surface area (Å²) in [6.45, 7) is 0. The second-order valence-corrected chi connectivity index (χ2v) is 6.13. The zero-order valence-electron chi connectivity index (χ0n) is 13.2. The molecular weight excluding hydrogens is 272 g/mol. The van der Waals surface area contributed by atoms with Crippen molar-refractivity contribution in [1.82, 2.24) is 5.32 Å². The SMILES string of the molecule is CN(C)c1cccc(C(=O)N[C@@H]2CCc3ccccc3C2)c1. The third-order valence-electron chi connectivity index (χ3n) is 4.31. The number of benzene rings is 2. The summed E-state index contributed by atoms with van der Waals surface area (Å²) < 4.78 is 0. The zero-order valence-corrected chi connectivity index (χ0v) is 13.2. The van der Waals surface area contributed by atoms with Crippen LogP contribution in [0.2, 0.25) is 0 Å². The second-order valence-electron chi connectivity index (χ2n) is 6.13. The maximum absolute atomic E-state index is 12.5. The molecule has 1 aliphatic rings. The topological polar surface area (TPSA) is 32.3 Å². The number of rotatable bonds is 3. The highest BCUT2D eigenvalue weighted by molar-refractivity contribution is 5.95. The van der Waals surface area contributed by atoms with Crippen LogP contribution in [-0.2, 0) is 12.8 Å². The van der Waals surface area contributed by atoms with Crippen LogP contribution in [-0.4, -0.2) is 26.0 Å². The molecule has 0 spiro atoms. The average molecular weight is 294 g/mol. The van der Waals surface area contributed by atoms with Gasteiger partial charge in [-0.1, -0.05) is 30.3 Å². The number of aryl methyl sites for hydroxylation is 1. The van der Waals surface area contributed by atoms with Crippen molar-refractivity contribution in [3.05, 3.63) is 65.2 Å². The van der Waals surface area contributed by atoms with Crippen molar-refractivity contribution in [2.45, 2.75) is 25.3 Å². The van der Waals surface area contributed by atoms with Gasteiger partial charge in [0, 0.05) is 31.4 Å². The molecule has 0 unspecified atom stereocenters. The minimum atomic E-state index is 0.0214. The first-order valence-corrected chi connectivity index (χ1v) is 7.78. The molecule has 2 aromatic rings. The maximum Gasteiger partial charge on any atom is 0.251 e. The van der Waals surface area contributed by atoms with Gasteiger partial charge in [0.05, 0.1) is 0 Å². The van der Waals surface area contributed by atoms with Gasteiger partial charge in [-0.3, -0.25) is 4.79 Å². The van der Waals surface area contributed by atoms with Crippen LogP contribution in [0, 0.1) is 0 Å². The number of anilines is 1. The van der Waals surface area contributed by atoms with Crippen LogP contribution in [0.4, 0.5) is 5.69 Å². The molecule has 22 heavy (non-hydrogen) atoms. The van der Waals surface area contributed by atoms with Crippen molar-refractivity contribution in [3.8, 4) is 0 Å². The van der Waals surface area contributed by atoms with Crippen LogP contribution in [0.3, 0.4) is 0 Å². The quantitative estimate of drug-likeness (QED) is 0.943. The fourth-order valence-corrected chi connectivity index (χ4v) is 3.02. The Kier molecular flexibility index (Phi) is 4.14. The molecule has 114 valence electrons. The first-order chi connectivity index (χ1) is 10.6. The minimum absolute atomic E-state index is 0.0214. The van der Waals surface area contributed by atoms with E-state index in [9.17, 15) is 4.79 Å². The highest BCUT2D eigenvalue weighted by atomic mass is 16.1. The molecule has 3 nitrogen and oxygen atoms in total. The van der Waals surface area contributed by atoms with Gasteiger partial charge >= 0.3 is 0 Å². The smallest absolute Gasteiger partial charge is 0.251 e. The van der Waals surface area contributed by atoms with Gasteiger partial charge in [-0.05, 0) is 48.6 Å². The Morgan fingerprint density at radius 1 is 1.09 bits per heavy atom. The lowest BCUT2D eigenvalue weighted by atomic mass is 9.88. The lowest BCUT2D eigenvalue weighted by Crippen LogP contribution is -2.38. The largest absolute Gasteiger partial charge is 0.378 e. The Morgan fingerprint density at radius 2 is 1.86 bits per heavy atom. The number of carbonyl (C=O) groups is 1. The molecule has 0 heterocycles. The molecule has 1 aliphatic carbocycles. The Balaban J connectivity index is 1.69. The van der Waals surface area contributed by atoms with Crippen LogP contribution < -0.4 is 10.2 Å². The average Bonchev–Trinajstić information content (AvgIpc) is 2.55. The summed E-state index contributed by atoms with van der Waals surface area (Å²) in [4.78, 5) is 14.5. The molecule has 2 aromatic carbocycles. The van der Waals surface area contributed by atoms with E-state index in [1.807, 2.05) is 43.3 Å². The molecule has 1 atom stereocenters. The van der Waals surface area contributed by atoms with Crippen LogP contribution >= 0.6 is 0 Å². The molecule has 1 N–H and O–H groups in total. The highest BCUT2D eigenvalue weighted by Gasteiger charge is 2.20. The maximum atomic E-state index is 12.5. The summed E-state index contributed by atoms with van der Waals surface area (Å²) in [5.41, 5.74) is 4.55. The summed E-state index contributed by atoms with van der Waals surface area (Å²) in [7, 11) is 3.96. The van der Waals surface area contributed by atoms with Crippen LogP contribution in [0.5, 0.6) is 0 Å². The molecule has 0 bridgehead atoms. The number of hydrogen-bond donors (Lipinski definition) is 1. The lowest BCUT2D eigenvalue weighted by molar-refractivity contribution is 0.0933.